The first-order valence-corrected chi connectivity index (χ1v) is 12.6. The molecule has 0 spiro atoms. The topological polar surface area (TPSA) is 88.8 Å². The molecular formula is C26H30N4O4S. The lowest BCUT2D eigenvalue weighted by atomic mass is 10.1. The molecule has 0 bridgehead atoms. The van der Waals surface area contributed by atoms with Gasteiger partial charge in [-0.1, -0.05) is 35.0 Å². The molecule has 2 aromatic heterocycles. The van der Waals surface area contributed by atoms with Gasteiger partial charge in [0.15, 0.2) is 6.61 Å². The van der Waals surface area contributed by atoms with Crippen molar-refractivity contribution in [3.05, 3.63) is 76.3 Å². The number of esters is 1. The van der Waals surface area contributed by atoms with E-state index in [1.54, 1.807) is 23.2 Å². The average Bonchev–Trinajstić information content (AvgIpc) is 3.18. The van der Waals surface area contributed by atoms with Gasteiger partial charge in [0.25, 0.3) is 5.91 Å². The molecule has 1 aliphatic rings. The summed E-state index contributed by atoms with van der Waals surface area (Å²) in [6.45, 7) is 9.24. The van der Waals surface area contributed by atoms with Crippen molar-refractivity contribution in [1.29, 1.82) is 0 Å². The Kier molecular flexibility index (Phi) is 8.20. The van der Waals surface area contributed by atoms with Crippen LogP contribution in [-0.4, -0.2) is 64.6 Å². The molecule has 0 radical (unpaired) electrons. The maximum absolute atomic E-state index is 12.7. The van der Waals surface area contributed by atoms with Crippen LogP contribution >= 0.6 is 11.8 Å². The molecule has 0 N–H and O–H groups in total. The van der Waals surface area contributed by atoms with Crippen LogP contribution in [0.3, 0.4) is 0 Å². The van der Waals surface area contributed by atoms with Gasteiger partial charge in [-0.3, -0.25) is 9.69 Å². The second-order valence-corrected chi connectivity index (χ2v) is 9.63. The number of benzene rings is 1. The second-order valence-electron chi connectivity index (χ2n) is 8.67. The van der Waals surface area contributed by atoms with Gasteiger partial charge in [-0.25, -0.2) is 9.78 Å². The number of pyridine rings is 1. The Hall–Kier alpha value is -3.17. The number of piperazine rings is 1. The number of carbonyl (C=O) groups excluding carboxylic acids is 2. The van der Waals surface area contributed by atoms with E-state index < -0.39 is 5.97 Å². The standard InChI is InChI=1S/C26H30N4O4S/c1-18-6-4-7-21(14-18)15-29-10-12-30(13-11-29)24(31)16-33-26(32)22-8-5-9-27-25(22)35-17-23-19(2)28-34-20(23)3/h4-9,14H,10-13,15-17H2,1-3H3. The molecule has 0 atom stereocenters. The zero-order chi connectivity index (χ0) is 24.8. The summed E-state index contributed by atoms with van der Waals surface area (Å²) in [4.78, 5) is 33.9. The highest BCUT2D eigenvalue weighted by atomic mass is 32.2. The summed E-state index contributed by atoms with van der Waals surface area (Å²) in [7, 11) is 0. The summed E-state index contributed by atoms with van der Waals surface area (Å²) in [5, 5.41) is 4.51. The minimum Gasteiger partial charge on any atom is -0.452 e. The van der Waals surface area contributed by atoms with Gasteiger partial charge in [0.1, 0.15) is 10.8 Å². The van der Waals surface area contributed by atoms with Crippen molar-refractivity contribution in [2.24, 2.45) is 0 Å². The normalized spacial score (nSPS) is 14.2. The molecule has 0 aliphatic carbocycles. The number of amides is 1. The van der Waals surface area contributed by atoms with Crippen molar-refractivity contribution >= 4 is 23.6 Å². The first-order chi connectivity index (χ1) is 16.9. The Labute approximate surface area is 209 Å². The van der Waals surface area contributed by atoms with Crippen molar-refractivity contribution in [3.8, 4) is 0 Å². The van der Waals surface area contributed by atoms with Gasteiger partial charge in [-0.15, -0.1) is 11.8 Å². The van der Waals surface area contributed by atoms with Crippen LogP contribution in [0.15, 0.2) is 52.1 Å². The fraction of sp³-hybridized carbons (Fsp3) is 0.385. The minimum absolute atomic E-state index is 0.178. The summed E-state index contributed by atoms with van der Waals surface area (Å²) in [6, 6.07) is 11.8. The van der Waals surface area contributed by atoms with Crippen molar-refractivity contribution < 1.29 is 18.8 Å². The quantitative estimate of drug-likeness (QED) is 0.345. The Morgan fingerprint density at radius 2 is 1.89 bits per heavy atom. The Balaban J connectivity index is 1.26. The van der Waals surface area contributed by atoms with E-state index in [-0.39, 0.29) is 12.5 Å². The van der Waals surface area contributed by atoms with Crippen LogP contribution in [-0.2, 0) is 21.8 Å². The van der Waals surface area contributed by atoms with Gasteiger partial charge in [-0.05, 0) is 38.5 Å². The molecule has 35 heavy (non-hydrogen) atoms. The highest BCUT2D eigenvalue weighted by Crippen LogP contribution is 2.27. The Morgan fingerprint density at radius 1 is 1.09 bits per heavy atom. The minimum atomic E-state index is -0.550. The third kappa shape index (κ3) is 6.49. The summed E-state index contributed by atoms with van der Waals surface area (Å²) >= 11 is 1.41. The summed E-state index contributed by atoms with van der Waals surface area (Å²) in [5.74, 6) is 0.595. The van der Waals surface area contributed by atoms with Crippen molar-refractivity contribution in [3.63, 3.8) is 0 Å². The van der Waals surface area contributed by atoms with Gasteiger partial charge in [-0.2, -0.15) is 0 Å². The highest BCUT2D eigenvalue weighted by molar-refractivity contribution is 7.98. The van der Waals surface area contributed by atoms with Gasteiger partial charge in [0.05, 0.1) is 11.3 Å². The van der Waals surface area contributed by atoms with E-state index in [9.17, 15) is 9.59 Å². The molecule has 184 valence electrons. The SMILES string of the molecule is Cc1cccc(CN2CCN(C(=O)COC(=O)c3cccnc3SCc3c(C)noc3C)CC2)c1. The average molecular weight is 495 g/mol. The number of ether oxygens (including phenoxy) is 1. The van der Waals surface area contributed by atoms with Gasteiger partial charge in [0, 0.05) is 50.2 Å². The van der Waals surface area contributed by atoms with Crippen LogP contribution in [0.1, 0.15) is 38.5 Å². The van der Waals surface area contributed by atoms with E-state index in [0.29, 0.717) is 29.4 Å². The van der Waals surface area contributed by atoms with Crippen LogP contribution in [0, 0.1) is 20.8 Å². The van der Waals surface area contributed by atoms with Gasteiger partial charge >= 0.3 is 5.97 Å². The smallest absolute Gasteiger partial charge is 0.341 e. The monoisotopic (exact) mass is 494 g/mol. The van der Waals surface area contributed by atoms with E-state index in [0.717, 1.165) is 36.7 Å². The molecule has 8 nitrogen and oxygen atoms in total. The fourth-order valence-corrected chi connectivity index (χ4v) is 5.17. The zero-order valence-corrected chi connectivity index (χ0v) is 21.1. The number of aromatic nitrogens is 2. The first-order valence-electron chi connectivity index (χ1n) is 11.6. The zero-order valence-electron chi connectivity index (χ0n) is 20.3. The van der Waals surface area contributed by atoms with Crippen LogP contribution in [0.25, 0.3) is 0 Å². The van der Waals surface area contributed by atoms with E-state index in [2.05, 4.69) is 46.2 Å². The molecular weight excluding hydrogens is 464 g/mol. The van der Waals surface area contributed by atoms with Crippen LogP contribution in [0.2, 0.25) is 0 Å². The van der Waals surface area contributed by atoms with Crippen molar-refractivity contribution in [1.82, 2.24) is 19.9 Å². The Bertz CT molecular complexity index is 1170. The first kappa shape index (κ1) is 24.9. The predicted molar refractivity (Wildman–Crippen MR) is 133 cm³/mol. The number of hydrogen-bond donors (Lipinski definition) is 0. The van der Waals surface area contributed by atoms with E-state index >= 15 is 0 Å². The molecule has 4 rings (SSSR count). The number of rotatable bonds is 8. The Morgan fingerprint density at radius 3 is 2.60 bits per heavy atom. The third-order valence-electron chi connectivity index (χ3n) is 6.07. The predicted octanol–water partition coefficient (Wildman–Crippen LogP) is 3.79. The van der Waals surface area contributed by atoms with E-state index in [1.165, 1.54) is 22.9 Å². The van der Waals surface area contributed by atoms with Crippen molar-refractivity contribution in [2.75, 3.05) is 32.8 Å². The van der Waals surface area contributed by atoms with Crippen LogP contribution in [0.4, 0.5) is 0 Å². The number of aryl methyl sites for hydroxylation is 3. The molecule has 0 unspecified atom stereocenters. The summed E-state index contributed by atoms with van der Waals surface area (Å²) in [5.41, 5.74) is 4.67. The molecule has 1 amide bonds. The lowest BCUT2D eigenvalue weighted by Gasteiger charge is -2.34. The lowest BCUT2D eigenvalue weighted by Crippen LogP contribution is -2.49. The number of nitrogens with zero attached hydrogens (tertiary/aromatic N) is 4. The van der Waals surface area contributed by atoms with Gasteiger partial charge in [0.2, 0.25) is 0 Å². The number of thioether (sulfide) groups is 1. The third-order valence-corrected chi connectivity index (χ3v) is 7.10. The fourth-order valence-electron chi connectivity index (χ4n) is 4.03. The molecule has 3 heterocycles. The van der Waals surface area contributed by atoms with Gasteiger partial charge < -0.3 is 14.2 Å². The maximum Gasteiger partial charge on any atom is 0.341 e. The lowest BCUT2D eigenvalue weighted by molar-refractivity contribution is -0.136. The van der Waals surface area contributed by atoms with Crippen molar-refractivity contribution in [2.45, 2.75) is 38.1 Å². The van der Waals surface area contributed by atoms with E-state index in [4.69, 9.17) is 9.26 Å². The molecule has 0 saturated carbocycles. The number of hydrogen-bond acceptors (Lipinski definition) is 8. The largest absolute Gasteiger partial charge is 0.452 e. The highest BCUT2D eigenvalue weighted by Gasteiger charge is 2.23. The number of carbonyl (C=O) groups is 2. The molecule has 1 fully saturated rings. The maximum atomic E-state index is 12.7. The second kappa shape index (κ2) is 11.5. The summed E-state index contributed by atoms with van der Waals surface area (Å²) < 4.78 is 10.6. The van der Waals surface area contributed by atoms with Crippen LogP contribution in [0.5, 0.6) is 0 Å². The molecule has 3 aromatic rings. The van der Waals surface area contributed by atoms with E-state index in [1.807, 2.05) is 13.8 Å². The molecule has 1 aromatic carbocycles. The summed E-state index contributed by atoms with van der Waals surface area (Å²) in [6.07, 6.45) is 1.63. The molecule has 1 saturated heterocycles. The molecule has 9 heteroatoms. The molecule has 1 aliphatic heterocycles. The van der Waals surface area contributed by atoms with Crippen LogP contribution < -0.4 is 0 Å².